The molecule has 2 N–H and O–H groups in total. The highest BCUT2D eigenvalue weighted by Gasteiger charge is 2.20. The molecule has 0 aliphatic carbocycles. The Morgan fingerprint density at radius 2 is 2.08 bits per heavy atom. The maximum Gasteiger partial charge on any atom is 0.191 e. The summed E-state index contributed by atoms with van der Waals surface area (Å²) < 4.78 is 22.6. The number of aromatic nitrogens is 1. The lowest BCUT2D eigenvalue weighted by Crippen LogP contribution is -2.43. The van der Waals surface area contributed by atoms with Crippen LogP contribution in [0.25, 0.3) is 0 Å². The van der Waals surface area contributed by atoms with Crippen LogP contribution in [0.4, 0.5) is 0 Å². The minimum Gasteiger partial charge on any atom is -0.356 e. The van der Waals surface area contributed by atoms with Gasteiger partial charge in [0.1, 0.15) is 9.84 Å². The van der Waals surface area contributed by atoms with E-state index in [0.29, 0.717) is 13.0 Å². The summed E-state index contributed by atoms with van der Waals surface area (Å²) in [5.74, 6) is 0.937. The van der Waals surface area contributed by atoms with Crippen LogP contribution < -0.4 is 10.6 Å². The van der Waals surface area contributed by atoms with Crippen LogP contribution in [0.15, 0.2) is 11.2 Å². The van der Waals surface area contributed by atoms with Gasteiger partial charge in [-0.15, -0.1) is 11.3 Å². The summed E-state index contributed by atoms with van der Waals surface area (Å²) in [6.07, 6.45) is 5.73. The Morgan fingerprint density at radius 3 is 2.62 bits per heavy atom. The van der Waals surface area contributed by atoms with Crippen molar-refractivity contribution in [1.82, 2.24) is 15.6 Å². The zero-order valence-electron chi connectivity index (χ0n) is 15.3. The van der Waals surface area contributed by atoms with Crippen molar-refractivity contribution < 1.29 is 8.42 Å². The number of aliphatic imine (C=N–C) groups is 1. The summed E-state index contributed by atoms with van der Waals surface area (Å²) in [5.41, 5.74) is -0.119. The van der Waals surface area contributed by atoms with Crippen LogP contribution in [0, 0.1) is 5.41 Å². The van der Waals surface area contributed by atoms with E-state index in [9.17, 15) is 8.42 Å². The maximum absolute atomic E-state index is 11.3. The first-order valence-corrected chi connectivity index (χ1v) is 11.1. The number of sulfone groups is 1. The van der Waals surface area contributed by atoms with Gasteiger partial charge in [-0.1, -0.05) is 20.8 Å². The van der Waals surface area contributed by atoms with E-state index in [2.05, 4.69) is 41.4 Å². The van der Waals surface area contributed by atoms with Crippen molar-refractivity contribution in [3.05, 3.63) is 16.1 Å². The molecule has 24 heavy (non-hydrogen) atoms. The standard InChI is InChI=1S/C16H30N4O2S2/c1-6-13-11-19-14(23-13)7-9-18-15(17-4)20-12-16(2,3)8-10-24(5,21)22/h11H,6-10,12H2,1-5H3,(H2,17,18,20). The summed E-state index contributed by atoms with van der Waals surface area (Å²) in [6, 6.07) is 0. The normalized spacial score (nSPS) is 13.1. The molecule has 1 heterocycles. The van der Waals surface area contributed by atoms with Gasteiger partial charge < -0.3 is 10.6 Å². The molecule has 0 aliphatic rings. The Morgan fingerprint density at radius 1 is 1.38 bits per heavy atom. The summed E-state index contributed by atoms with van der Waals surface area (Å²) in [4.78, 5) is 9.92. The monoisotopic (exact) mass is 374 g/mol. The highest BCUT2D eigenvalue weighted by molar-refractivity contribution is 7.90. The molecule has 1 aromatic heterocycles. The lowest BCUT2D eigenvalue weighted by Gasteiger charge is -2.25. The third-order valence-corrected chi connectivity index (χ3v) is 5.84. The molecule has 0 unspecified atom stereocenters. The fourth-order valence-corrected chi connectivity index (χ4v) is 3.79. The Kier molecular flexibility index (Phi) is 8.15. The number of guanidine groups is 1. The number of rotatable bonds is 9. The van der Waals surface area contributed by atoms with Gasteiger partial charge in [-0.05, 0) is 18.3 Å². The molecule has 6 nitrogen and oxygen atoms in total. The number of hydrogen-bond donors (Lipinski definition) is 2. The Labute approximate surface area is 150 Å². The molecule has 0 fully saturated rings. The van der Waals surface area contributed by atoms with Gasteiger partial charge in [0.15, 0.2) is 5.96 Å². The van der Waals surface area contributed by atoms with Crippen LogP contribution in [0.3, 0.4) is 0 Å². The summed E-state index contributed by atoms with van der Waals surface area (Å²) in [5, 5.41) is 7.68. The first-order chi connectivity index (χ1) is 11.1. The van der Waals surface area contributed by atoms with Crippen molar-refractivity contribution in [3.8, 4) is 0 Å². The molecule has 0 aromatic carbocycles. The smallest absolute Gasteiger partial charge is 0.191 e. The number of nitrogens with one attached hydrogen (secondary N) is 2. The van der Waals surface area contributed by atoms with Crippen molar-refractivity contribution in [3.63, 3.8) is 0 Å². The topological polar surface area (TPSA) is 83.4 Å². The van der Waals surface area contributed by atoms with Crippen molar-refractivity contribution in [2.45, 2.75) is 40.0 Å². The van der Waals surface area contributed by atoms with Gasteiger partial charge in [0, 0.05) is 43.9 Å². The molecule has 0 spiro atoms. The maximum atomic E-state index is 11.3. The highest BCUT2D eigenvalue weighted by atomic mass is 32.2. The van der Waals surface area contributed by atoms with Crippen LogP contribution in [0.1, 0.15) is 37.1 Å². The molecule has 1 aromatic rings. The Hall–Kier alpha value is -1.15. The second-order valence-electron chi connectivity index (χ2n) is 6.72. The van der Waals surface area contributed by atoms with Gasteiger partial charge in [0.2, 0.25) is 0 Å². The molecule has 0 saturated heterocycles. The molecule has 0 saturated carbocycles. The van der Waals surface area contributed by atoms with E-state index in [0.717, 1.165) is 30.4 Å². The Balaban J connectivity index is 2.36. The van der Waals surface area contributed by atoms with Gasteiger partial charge in [-0.3, -0.25) is 4.99 Å². The molecule has 0 radical (unpaired) electrons. The van der Waals surface area contributed by atoms with Crippen molar-refractivity contribution in [2.75, 3.05) is 32.1 Å². The fraction of sp³-hybridized carbons (Fsp3) is 0.750. The molecule has 1 rings (SSSR count). The highest BCUT2D eigenvalue weighted by Crippen LogP contribution is 2.19. The zero-order valence-corrected chi connectivity index (χ0v) is 17.0. The summed E-state index contributed by atoms with van der Waals surface area (Å²) >= 11 is 1.75. The van der Waals surface area contributed by atoms with Crippen LogP contribution >= 0.6 is 11.3 Å². The van der Waals surface area contributed by atoms with Gasteiger partial charge >= 0.3 is 0 Å². The van der Waals surface area contributed by atoms with Crippen LogP contribution in [-0.4, -0.2) is 51.5 Å². The van der Waals surface area contributed by atoms with Crippen molar-refractivity contribution in [2.24, 2.45) is 10.4 Å². The molecule has 0 bridgehead atoms. The molecule has 0 amide bonds. The number of aryl methyl sites for hydroxylation is 1. The van der Waals surface area contributed by atoms with Crippen LogP contribution in [0.2, 0.25) is 0 Å². The summed E-state index contributed by atoms with van der Waals surface area (Å²) in [7, 11) is -1.19. The lowest BCUT2D eigenvalue weighted by atomic mass is 9.90. The fourth-order valence-electron chi connectivity index (χ4n) is 2.01. The van der Waals surface area contributed by atoms with Crippen LogP contribution in [0.5, 0.6) is 0 Å². The second kappa shape index (κ2) is 9.36. The number of nitrogens with zero attached hydrogens (tertiary/aromatic N) is 2. The zero-order chi connectivity index (χ0) is 18.2. The van der Waals surface area contributed by atoms with E-state index < -0.39 is 9.84 Å². The molecular weight excluding hydrogens is 344 g/mol. The predicted octanol–water partition coefficient (Wildman–Crippen LogP) is 1.87. The number of thiazole rings is 1. The van der Waals surface area contributed by atoms with Gasteiger partial charge in [-0.25, -0.2) is 13.4 Å². The molecule has 0 aliphatic heterocycles. The quantitative estimate of drug-likeness (QED) is 0.509. The van der Waals surface area contributed by atoms with E-state index in [1.165, 1.54) is 11.1 Å². The third-order valence-electron chi connectivity index (χ3n) is 3.69. The van der Waals surface area contributed by atoms with E-state index in [-0.39, 0.29) is 11.2 Å². The lowest BCUT2D eigenvalue weighted by molar-refractivity contribution is 0.348. The SMILES string of the molecule is CCc1cnc(CCNC(=NC)NCC(C)(C)CCS(C)(=O)=O)s1. The van der Waals surface area contributed by atoms with E-state index in [1.807, 2.05) is 6.20 Å². The van der Waals surface area contributed by atoms with E-state index >= 15 is 0 Å². The minimum absolute atomic E-state index is 0.119. The largest absolute Gasteiger partial charge is 0.356 e. The number of hydrogen-bond acceptors (Lipinski definition) is 5. The van der Waals surface area contributed by atoms with E-state index in [1.54, 1.807) is 18.4 Å². The van der Waals surface area contributed by atoms with Crippen molar-refractivity contribution in [1.29, 1.82) is 0 Å². The van der Waals surface area contributed by atoms with Crippen LogP contribution in [-0.2, 0) is 22.7 Å². The predicted molar refractivity (Wildman–Crippen MR) is 103 cm³/mol. The molecule has 138 valence electrons. The first-order valence-electron chi connectivity index (χ1n) is 8.21. The van der Waals surface area contributed by atoms with Gasteiger partial charge in [0.25, 0.3) is 0 Å². The summed E-state index contributed by atoms with van der Waals surface area (Å²) in [6.45, 7) is 7.67. The van der Waals surface area contributed by atoms with E-state index in [4.69, 9.17) is 0 Å². The molecular formula is C16H30N4O2S2. The average molecular weight is 375 g/mol. The molecule has 8 heteroatoms. The second-order valence-corrected chi connectivity index (χ2v) is 10.2. The average Bonchev–Trinajstić information content (AvgIpc) is 2.96. The third kappa shape index (κ3) is 8.63. The van der Waals surface area contributed by atoms with Crippen molar-refractivity contribution >= 4 is 27.1 Å². The molecule has 0 atom stereocenters. The van der Waals surface area contributed by atoms with Gasteiger partial charge in [0.05, 0.1) is 10.8 Å². The Bertz CT molecular complexity index is 636. The first kappa shape index (κ1) is 20.9. The minimum atomic E-state index is -2.93. The van der Waals surface area contributed by atoms with Gasteiger partial charge in [-0.2, -0.15) is 0 Å².